The number of phenols is 1. The van der Waals surface area contributed by atoms with E-state index in [0.717, 1.165) is 18.4 Å². The van der Waals surface area contributed by atoms with E-state index in [2.05, 4.69) is 15.9 Å². The highest BCUT2D eigenvalue weighted by Crippen LogP contribution is 2.28. The molecule has 0 radical (unpaired) electrons. The Kier molecular flexibility index (Phi) is 3.75. The van der Waals surface area contributed by atoms with Crippen LogP contribution < -0.4 is 0 Å². The van der Waals surface area contributed by atoms with E-state index in [9.17, 15) is 10.2 Å². The van der Waals surface area contributed by atoms with E-state index in [1.54, 1.807) is 18.2 Å². The Morgan fingerprint density at radius 2 is 2.15 bits per heavy atom. The average molecular weight is 245 g/mol. The first-order valence-corrected chi connectivity index (χ1v) is 5.11. The number of halogens is 1. The van der Waals surface area contributed by atoms with Gasteiger partial charge in [0.15, 0.2) is 0 Å². The maximum atomic E-state index is 9.63. The molecule has 1 aromatic rings. The van der Waals surface area contributed by atoms with Crippen molar-refractivity contribution in [1.29, 1.82) is 0 Å². The van der Waals surface area contributed by atoms with Gasteiger partial charge in [0.05, 0.1) is 10.6 Å². The molecule has 0 aliphatic rings. The van der Waals surface area contributed by atoms with Gasteiger partial charge in [0.25, 0.3) is 0 Å². The quantitative estimate of drug-likeness (QED) is 0.859. The molecule has 0 saturated heterocycles. The molecule has 2 N–H and O–H groups in total. The minimum absolute atomic E-state index is 0.201. The number of rotatable bonds is 3. The Morgan fingerprint density at radius 1 is 1.46 bits per heavy atom. The molecule has 2 nitrogen and oxygen atoms in total. The Hall–Kier alpha value is -0.540. The van der Waals surface area contributed by atoms with E-state index in [0.29, 0.717) is 4.47 Å². The van der Waals surface area contributed by atoms with Crippen molar-refractivity contribution in [3.05, 3.63) is 28.2 Å². The number of phenolic OH excluding ortho intramolecular Hbond substituents is 1. The Labute approximate surface area is 86.3 Å². The minimum atomic E-state index is -0.429. The largest absolute Gasteiger partial charge is 0.507 e. The van der Waals surface area contributed by atoms with E-state index in [-0.39, 0.29) is 5.75 Å². The lowest BCUT2D eigenvalue weighted by molar-refractivity contribution is 0.166. The summed E-state index contributed by atoms with van der Waals surface area (Å²) in [6.07, 6.45) is 1.26. The highest BCUT2D eigenvalue weighted by Gasteiger charge is 2.07. The van der Waals surface area contributed by atoms with Crippen molar-refractivity contribution in [2.45, 2.75) is 25.9 Å². The minimum Gasteiger partial charge on any atom is -0.507 e. The second kappa shape index (κ2) is 4.63. The first kappa shape index (κ1) is 10.5. The van der Waals surface area contributed by atoms with Gasteiger partial charge in [-0.2, -0.15) is 0 Å². The Balaban J connectivity index is 2.84. The standard InChI is InChI=1S/C10H13BrO2/c1-2-3-9(12)7-4-5-10(13)8(11)6-7/h4-6,9,12-13H,2-3H2,1H3. The Morgan fingerprint density at radius 3 is 2.69 bits per heavy atom. The van der Waals surface area contributed by atoms with Crippen molar-refractivity contribution < 1.29 is 10.2 Å². The zero-order chi connectivity index (χ0) is 9.84. The molecule has 0 amide bonds. The van der Waals surface area contributed by atoms with Crippen LogP contribution in [-0.2, 0) is 0 Å². The number of hydrogen-bond acceptors (Lipinski definition) is 2. The van der Waals surface area contributed by atoms with E-state index in [4.69, 9.17) is 0 Å². The summed E-state index contributed by atoms with van der Waals surface area (Å²) in [6, 6.07) is 5.06. The molecule has 1 aromatic carbocycles. The Bertz CT molecular complexity index is 286. The van der Waals surface area contributed by atoms with Crippen LogP contribution in [0.5, 0.6) is 5.75 Å². The van der Waals surface area contributed by atoms with Crippen molar-refractivity contribution in [3.63, 3.8) is 0 Å². The molecule has 0 spiro atoms. The molecule has 1 atom stereocenters. The first-order chi connectivity index (χ1) is 6.15. The summed E-state index contributed by atoms with van der Waals surface area (Å²) in [5, 5.41) is 18.9. The summed E-state index contributed by atoms with van der Waals surface area (Å²) in [5.74, 6) is 0.201. The third-order valence-electron chi connectivity index (χ3n) is 1.92. The monoisotopic (exact) mass is 244 g/mol. The summed E-state index contributed by atoms with van der Waals surface area (Å²) in [7, 11) is 0. The van der Waals surface area contributed by atoms with Crippen LogP contribution in [0.25, 0.3) is 0 Å². The van der Waals surface area contributed by atoms with Gasteiger partial charge in [0.2, 0.25) is 0 Å². The maximum Gasteiger partial charge on any atom is 0.129 e. The molecule has 3 heteroatoms. The maximum absolute atomic E-state index is 9.63. The summed E-state index contributed by atoms with van der Waals surface area (Å²) in [6.45, 7) is 2.03. The van der Waals surface area contributed by atoms with Gasteiger partial charge in [-0.1, -0.05) is 19.4 Å². The molecule has 0 fully saturated rings. The second-order valence-corrected chi connectivity index (χ2v) is 3.87. The third kappa shape index (κ3) is 2.71. The van der Waals surface area contributed by atoms with Crippen LogP contribution in [0, 0.1) is 0 Å². The van der Waals surface area contributed by atoms with Crippen LogP contribution in [-0.4, -0.2) is 10.2 Å². The van der Waals surface area contributed by atoms with Crippen molar-refractivity contribution in [1.82, 2.24) is 0 Å². The lowest BCUT2D eigenvalue weighted by Crippen LogP contribution is -1.96. The smallest absolute Gasteiger partial charge is 0.129 e. The number of hydrogen-bond donors (Lipinski definition) is 2. The predicted octanol–water partition coefficient (Wildman–Crippen LogP) is 2.99. The molecule has 0 aromatic heterocycles. The van der Waals surface area contributed by atoms with Crippen molar-refractivity contribution in [2.24, 2.45) is 0 Å². The molecule has 72 valence electrons. The van der Waals surface area contributed by atoms with Crippen LogP contribution in [0.4, 0.5) is 0 Å². The molecule has 1 rings (SSSR count). The molecular formula is C10H13BrO2. The van der Waals surface area contributed by atoms with Crippen LogP contribution >= 0.6 is 15.9 Å². The molecule has 0 bridgehead atoms. The SMILES string of the molecule is CCCC(O)c1ccc(O)c(Br)c1. The molecule has 13 heavy (non-hydrogen) atoms. The van der Waals surface area contributed by atoms with Crippen LogP contribution in [0.15, 0.2) is 22.7 Å². The highest BCUT2D eigenvalue weighted by molar-refractivity contribution is 9.10. The van der Waals surface area contributed by atoms with Crippen molar-refractivity contribution in [2.75, 3.05) is 0 Å². The van der Waals surface area contributed by atoms with Gasteiger partial charge in [-0.05, 0) is 40.0 Å². The lowest BCUT2D eigenvalue weighted by atomic mass is 10.1. The first-order valence-electron chi connectivity index (χ1n) is 4.31. The summed E-state index contributed by atoms with van der Waals surface area (Å²) in [5.41, 5.74) is 0.839. The molecule has 0 aliphatic carbocycles. The van der Waals surface area contributed by atoms with E-state index in [1.165, 1.54) is 0 Å². The summed E-state index contributed by atoms with van der Waals surface area (Å²) < 4.78 is 0.625. The zero-order valence-corrected chi connectivity index (χ0v) is 9.08. The van der Waals surface area contributed by atoms with Crippen molar-refractivity contribution >= 4 is 15.9 Å². The fraction of sp³-hybridized carbons (Fsp3) is 0.400. The number of aliphatic hydroxyl groups is 1. The van der Waals surface area contributed by atoms with Gasteiger partial charge in [0.1, 0.15) is 5.75 Å². The van der Waals surface area contributed by atoms with Gasteiger partial charge in [0, 0.05) is 0 Å². The van der Waals surface area contributed by atoms with Gasteiger partial charge < -0.3 is 10.2 Å². The van der Waals surface area contributed by atoms with Crippen LogP contribution in [0.2, 0.25) is 0 Å². The molecule has 1 unspecified atom stereocenters. The molecule has 0 aliphatic heterocycles. The summed E-state index contributed by atoms with van der Waals surface area (Å²) >= 11 is 3.20. The van der Waals surface area contributed by atoms with E-state index >= 15 is 0 Å². The van der Waals surface area contributed by atoms with Gasteiger partial charge >= 0.3 is 0 Å². The number of benzene rings is 1. The zero-order valence-electron chi connectivity index (χ0n) is 7.50. The molecule has 0 saturated carbocycles. The predicted molar refractivity (Wildman–Crippen MR) is 55.7 cm³/mol. The number of aliphatic hydroxyl groups excluding tert-OH is 1. The van der Waals surface area contributed by atoms with E-state index < -0.39 is 6.10 Å². The second-order valence-electron chi connectivity index (χ2n) is 3.02. The average Bonchev–Trinajstić information content (AvgIpc) is 2.10. The van der Waals surface area contributed by atoms with Crippen molar-refractivity contribution in [3.8, 4) is 5.75 Å². The molecular weight excluding hydrogens is 232 g/mol. The normalized spacial score (nSPS) is 12.8. The molecule has 0 heterocycles. The fourth-order valence-corrected chi connectivity index (χ4v) is 1.57. The van der Waals surface area contributed by atoms with E-state index in [1.807, 2.05) is 6.92 Å². The highest BCUT2D eigenvalue weighted by atomic mass is 79.9. The summed E-state index contributed by atoms with van der Waals surface area (Å²) in [4.78, 5) is 0. The van der Waals surface area contributed by atoms with Gasteiger partial charge in [-0.15, -0.1) is 0 Å². The van der Waals surface area contributed by atoms with Crippen LogP contribution in [0.3, 0.4) is 0 Å². The van der Waals surface area contributed by atoms with Gasteiger partial charge in [-0.3, -0.25) is 0 Å². The van der Waals surface area contributed by atoms with Crippen LogP contribution in [0.1, 0.15) is 31.4 Å². The third-order valence-corrected chi connectivity index (χ3v) is 2.55. The fourth-order valence-electron chi connectivity index (χ4n) is 1.17. The van der Waals surface area contributed by atoms with Gasteiger partial charge in [-0.25, -0.2) is 0 Å². The number of aromatic hydroxyl groups is 1. The lowest BCUT2D eigenvalue weighted by Gasteiger charge is -2.10. The topological polar surface area (TPSA) is 40.5 Å².